The van der Waals surface area contributed by atoms with Crippen LogP contribution in [-0.2, 0) is 11.3 Å². The van der Waals surface area contributed by atoms with Gasteiger partial charge in [-0.1, -0.05) is 42.5 Å². The van der Waals surface area contributed by atoms with Crippen molar-refractivity contribution in [2.75, 3.05) is 12.3 Å². The molecule has 0 atom stereocenters. The first-order valence-electron chi connectivity index (χ1n) is 7.17. The van der Waals surface area contributed by atoms with Crippen LogP contribution in [0, 0.1) is 5.95 Å². The van der Waals surface area contributed by atoms with Gasteiger partial charge < -0.3 is 15.8 Å². The largest absolute Gasteiger partial charge is 0.445 e. The third-order valence-corrected chi connectivity index (χ3v) is 2.99. The van der Waals surface area contributed by atoms with Crippen LogP contribution < -0.4 is 11.1 Å². The highest BCUT2D eigenvalue weighted by Gasteiger charge is 2.01. The molecule has 23 heavy (non-hydrogen) atoms. The number of benzene rings is 1. The van der Waals surface area contributed by atoms with E-state index in [0.29, 0.717) is 18.5 Å². The fraction of sp³-hybridized carbons (Fsp3) is 0.176. The molecule has 2 rings (SSSR count). The molecule has 0 saturated heterocycles. The molecule has 0 spiro atoms. The highest BCUT2D eigenvalue weighted by Crippen LogP contribution is 2.10. The fourth-order valence-corrected chi connectivity index (χ4v) is 1.82. The summed E-state index contributed by atoms with van der Waals surface area (Å²) in [4.78, 5) is 15.0. The molecule has 0 aliphatic heterocycles. The van der Waals surface area contributed by atoms with Crippen molar-refractivity contribution in [1.82, 2.24) is 10.3 Å². The maximum Gasteiger partial charge on any atom is 0.407 e. The van der Waals surface area contributed by atoms with Crippen molar-refractivity contribution in [3.05, 3.63) is 65.7 Å². The van der Waals surface area contributed by atoms with Gasteiger partial charge in [0.05, 0.1) is 5.69 Å². The number of aromatic nitrogens is 1. The Bertz CT molecular complexity index is 675. The highest BCUT2D eigenvalue weighted by molar-refractivity contribution is 5.67. The van der Waals surface area contributed by atoms with Crippen LogP contribution in [0.15, 0.2) is 48.7 Å². The predicted octanol–water partition coefficient (Wildman–Crippen LogP) is 3.13. The molecule has 120 valence electrons. The minimum Gasteiger partial charge on any atom is -0.445 e. The molecule has 1 aromatic heterocycles. The van der Waals surface area contributed by atoms with Crippen molar-refractivity contribution in [3.8, 4) is 0 Å². The summed E-state index contributed by atoms with van der Waals surface area (Å²) in [6.45, 7) is 0.678. The van der Waals surface area contributed by atoms with Crippen LogP contribution in [0.2, 0.25) is 0 Å². The number of nitrogens with zero attached hydrogens (tertiary/aromatic N) is 1. The Kier molecular flexibility index (Phi) is 6.11. The number of carbonyl (C=O) groups is 1. The Balaban J connectivity index is 1.65. The lowest BCUT2D eigenvalue weighted by atomic mass is 10.2. The minimum atomic E-state index is -0.676. The molecule has 1 heterocycles. The average Bonchev–Trinajstić information content (AvgIpc) is 2.57. The van der Waals surface area contributed by atoms with E-state index in [0.717, 1.165) is 5.56 Å². The van der Waals surface area contributed by atoms with E-state index in [1.165, 1.54) is 12.3 Å². The molecule has 2 aromatic rings. The van der Waals surface area contributed by atoms with E-state index < -0.39 is 12.0 Å². The number of rotatable bonds is 6. The molecule has 0 aliphatic rings. The van der Waals surface area contributed by atoms with Crippen LogP contribution in [0.3, 0.4) is 0 Å². The monoisotopic (exact) mass is 315 g/mol. The molecule has 1 amide bonds. The molecule has 6 heteroatoms. The first-order chi connectivity index (χ1) is 11.1. The number of nitrogens with two attached hydrogens (primary N) is 1. The van der Waals surface area contributed by atoms with Gasteiger partial charge in [0.15, 0.2) is 0 Å². The third-order valence-electron chi connectivity index (χ3n) is 2.99. The number of amides is 1. The maximum atomic E-state index is 12.9. The first kappa shape index (κ1) is 16.5. The van der Waals surface area contributed by atoms with Gasteiger partial charge in [0.2, 0.25) is 5.95 Å². The lowest BCUT2D eigenvalue weighted by Crippen LogP contribution is -2.24. The second-order valence-corrected chi connectivity index (χ2v) is 4.83. The summed E-state index contributed by atoms with van der Waals surface area (Å²) in [5.74, 6) is -0.676. The van der Waals surface area contributed by atoms with E-state index >= 15 is 0 Å². The molecule has 0 bridgehead atoms. The number of alkyl carbamates (subject to hydrolysis) is 1. The lowest BCUT2D eigenvalue weighted by molar-refractivity contribution is 0.140. The van der Waals surface area contributed by atoms with E-state index in [1.54, 1.807) is 6.08 Å². The van der Waals surface area contributed by atoms with Gasteiger partial charge in [-0.2, -0.15) is 4.39 Å². The van der Waals surface area contributed by atoms with Gasteiger partial charge in [0.1, 0.15) is 6.61 Å². The van der Waals surface area contributed by atoms with E-state index in [9.17, 15) is 9.18 Å². The Labute approximate surface area is 134 Å². The fourth-order valence-electron chi connectivity index (χ4n) is 1.82. The predicted molar refractivity (Wildman–Crippen MR) is 86.9 cm³/mol. The number of hydrogen-bond donors (Lipinski definition) is 2. The smallest absolute Gasteiger partial charge is 0.407 e. The van der Waals surface area contributed by atoms with Gasteiger partial charge in [0.25, 0.3) is 0 Å². The van der Waals surface area contributed by atoms with Gasteiger partial charge >= 0.3 is 6.09 Å². The first-order valence-corrected chi connectivity index (χ1v) is 7.17. The number of nitrogens with one attached hydrogen (secondary N) is 1. The standard InChI is InChI=1S/C17H18FN3O2/c18-16-15(19)10-14(11-21-16)8-4-5-9-20-17(22)23-12-13-6-2-1-3-7-13/h1-4,6-8,10-11H,5,9,12,19H2,(H,20,22). The van der Waals surface area contributed by atoms with E-state index in [1.807, 2.05) is 36.4 Å². The van der Waals surface area contributed by atoms with Gasteiger partial charge in [-0.05, 0) is 23.6 Å². The Morgan fingerprint density at radius 2 is 2.13 bits per heavy atom. The molecule has 0 radical (unpaired) electrons. The molecule has 1 aromatic carbocycles. The number of carbonyl (C=O) groups excluding carboxylic acids is 1. The zero-order chi connectivity index (χ0) is 16.5. The molecule has 0 aliphatic carbocycles. The molecular formula is C17H18FN3O2. The number of hydrogen-bond acceptors (Lipinski definition) is 4. The number of ether oxygens (including phenoxy) is 1. The summed E-state index contributed by atoms with van der Waals surface area (Å²) in [5, 5.41) is 2.65. The summed E-state index contributed by atoms with van der Waals surface area (Å²) in [6.07, 6.45) is 5.14. The maximum absolute atomic E-state index is 12.9. The van der Waals surface area contributed by atoms with Crippen molar-refractivity contribution in [2.24, 2.45) is 0 Å². The molecular weight excluding hydrogens is 297 g/mol. The molecule has 0 saturated carbocycles. The summed E-state index contributed by atoms with van der Waals surface area (Å²) < 4.78 is 18.0. The van der Waals surface area contributed by atoms with E-state index in [-0.39, 0.29) is 12.3 Å². The van der Waals surface area contributed by atoms with E-state index in [2.05, 4.69) is 10.3 Å². The number of pyridine rings is 1. The quantitative estimate of drug-likeness (QED) is 0.634. The van der Waals surface area contributed by atoms with Crippen LogP contribution >= 0.6 is 0 Å². The van der Waals surface area contributed by atoms with Crippen molar-refractivity contribution in [2.45, 2.75) is 13.0 Å². The van der Waals surface area contributed by atoms with Crippen LogP contribution in [-0.4, -0.2) is 17.6 Å². The average molecular weight is 315 g/mol. The second kappa shape index (κ2) is 8.53. The summed E-state index contributed by atoms with van der Waals surface area (Å²) in [6, 6.07) is 11.0. The Morgan fingerprint density at radius 3 is 2.87 bits per heavy atom. The lowest BCUT2D eigenvalue weighted by Gasteiger charge is -2.05. The highest BCUT2D eigenvalue weighted by atomic mass is 19.1. The van der Waals surface area contributed by atoms with Gasteiger partial charge in [0, 0.05) is 12.7 Å². The molecule has 3 N–H and O–H groups in total. The zero-order valence-electron chi connectivity index (χ0n) is 12.5. The van der Waals surface area contributed by atoms with Gasteiger partial charge in [-0.25, -0.2) is 9.78 Å². The number of anilines is 1. The minimum absolute atomic E-state index is 0.00904. The summed E-state index contributed by atoms with van der Waals surface area (Å²) in [5.41, 5.74) is 7.07. The second-order valence-electron chi connectivity index (χ2n) is 4.83. The van der Waals surface area contributed by atoms with Crippen LogP contribution in [0.4, 0.5) is 14.9 Å². The van der Waals surface area contributed by atoms with Crippen LogP contribution in [0.5, 0.6) is 0 Å². The molecule has 5 nitrogen and oxygen atoms in total. The molecule has 0 fully saturated rings. The Morgan fingerprint density at radius 1 is 1.35 bits per heavy atom. The van der Waals surface area contributed by atoms with Crippen LogP contribution in [0.1, 0.15) is 17.5 Å². The third kappa shape index (κ3) is 5.78. The van der Waals surface area contributed by atoms with Crippen LogP contribution in [0.25, 0.3) is 6.08 Å². The summed E-state index contributed by atoms with van der Waals surface area (Å²) >= 11 is 0. The SMILES string of the molecule is Nc1cc(C=CCCNC(=O)OCc2ccccc2)cnc1F. The topological polar surface area (TPSA) is 77.2 Å². The number of halogens is 1. The normalized spacial score (nSPS) is 10.7. The van der Waals surface area contributed by atoms with Crippen molar-refractivity contribution in [1.29, 1.82) is 0 Å². The van der Waals surface area contributed by atoms with Gasteiger partial charge in [-0.15, -0.1) is 0 Å². The number of nitrogen functional groups attached to an aromatic ring is 1. The Hall–Kier alpha value is -2.89. The van der Waals surface area contributed by atoms with E-state index in [4.69, 9.17) is 10.5 Å². The molecule has 0 unspecified atom stereocenters. The summed E-state index contributed by atoms with van der Waals surface area (Å²) in [7, 11) is 0. The van der Waals surface area contributed by atoms with Crippen molar-refractivity contribution < 1.29 is 13.9 Å². The van der Waals surface area contributed by atoms with Gasteiger partial charge in [-0.3, -0.25) is 0 Å². The van der Waals surface area contributed by atoms with Crippen molar-refractivity contribution >= 4 is 17.9 Å². The zero-order valence-corrected chi connectivity index (χ0v) is 12.5. The van der Waals surface area contributed by atoms with Crippen molar-refractivity contribution in [3.63, 3.8) is 0 Å².